The standard InChI is InChI=1S/C6H12N2OS/c1-7-3-4-8(10-2)6(9)5-7/h3-5H2,1-2H3. The molecule has 0 aromatic carbocycles. The Morgan fingerprint density at radius 1 is 1.50 bits per heavy atom. The molecule has 1 saturated heterocycles. The van der Waals surface area contributed by atoms with E-state index in [1.807, 2.05) is 18.2 Å². The lowest BCUT2D eigenvalue weighted by molar-refractivity contribution is -0.129. The topological polar surface area (TPSA) is 23.6 Å². The molecule has 0 unspecified atom stereocenters. The maximum Gasteiger partial charge on any atom is 0.246 e. The van der Waals surface area contributed by atoms with Crippen LogP contribution in [0.25, 0.3) is 0 Å². The lowest BCUT2D eigenvalue weighted by atomic mass is 10.4. The molecule has 4 heteroatoms. The number of carbonyl (C=O) groups is 1. The van der Waals surface area contributed by atoms with Crippen LogP contribution in [0.3, 0.4) is 0 Å². The van der Waals surface area contributed by atoms with Crippen molar-refractivity contribution < 1.29 is 4.79 Å². The van der Waals surface area contributed by atoms with Gasteiger partial charge in [0.1, 0.15) is 0 Å². The predicted molar refractivity (Wildman–Crippen MR) is 42.7 cm³/mol. The molecule has 1 aliphatic rings. The Labute approximate surface area is 65.5 Å². The van der Waals surface area contributed by atoms with Crippen LogP contribution in [0.2, 0.25) is 0 Å². The normalized spacial score (nSPS) is 21.8. The van der Waals surface area contributed by atoms with Crippen molar-refractivity contribution in [1.82, 2.24) is 9.21 Å². The number of rotatable bonds is 1. The van der Waals surface area contributed by atoms with Crippen molar-refractivity contribution in [3.63, 3.8) is 0 Å². The second kappa shape index (κ2) is 3.25. The first kappa shape index (κ1) is 7.88. The molecule has 0 aromatic rings. The number of piperazine rings is 1. The number of nitrogens with zero attached hydrogens (tertiary/aromatic N) is 2. The molecule has 1 aliphatic heterocycles. The molecule has 0 radical (unpaired) electrons. The van der Waals surface area contributed by atoms with Crippen LogP contribution < -0.4 is 0 Å². The van der Waals surface area contributed by atoms with Gasteiger partial charge in [-0.3, -0.25) is 14.0 Å². The van der Waals surface area contributed by atoms with Gasteiger partial charge in [0.25, 0.3) is 0 Å². The second-order valence-electron chi connectivity index (χ2n) is 2.42. The van der Waals surface area contributed by atoms with Gasteiger partial charge in [-0.1, -0.05) is 11.9 Å². The Hall–Kier alpha value is -0.220. The maximum absolute atomic E-state index is 11.1. The highest BCUT2D eigenvalue weighted by molar-refractivity contribution is 7.96. The summed E-state index contributed by atoms with van der Waals surface area (Å²) in [6.45, 7) is 2.42. The van der Waals surface area contributed by atoms with Crippen molar-refractivity contribution in [2.24, 2.45) is 0 Å². The molecule has 10 heavy (non-hydrogen) atoms. The molecule has 0 aromatic heterocycles. The van der Waals surface area contributed by atoms with Crippen LogP contribution in [-0.4, -0.2) is 48.1 Å². The summed E-state index contributed by atoms with van der Waals surface area (Å²) < 4.78 is 1.81. The number of hydrogen-bond acceptors (Lipinski definition) is 3. The lowest BCUT2D eigenvalue weighted by Gasteiger charge is -2.29. The molecule has 1 amide bonds. The molecule has 1 fully saturated rings. The van der Waals surface area contributed by atoms with Gasteiger partial charge in [-0.05, 0) is 7.05 Å². The number of amides is 1. The van der Waals surface area contributed by atoms with Crippen LogP contribution >= 0.6 is 11.9 Å². The van der Waals surface area contributed by atoms with E-state index in [9.17, 15) is 4.79 Å². The monoisotopic (exact) mass is 160 g/mol. The summed E-state index contributed by atoms with van der Waals surface area (Å²) in [7, 11) is 1.97. The second-order valence-corrected chi connectivity index (χ2v) is 3.22. The molecule has 0 aliphatic carbocycles. The van der Waals surface area contributed by atoms with Gasteiger partial charge in [-0.2, -0.15) is 0 Å². The van der Waals surface area contributed by atoms with Gasteiger partial charge in [0.15, 0.2) is 0 Å². The molecule has 0 N–H and O–H groups in total. The van der Waals surface area contributed by atoms with Gasteiger partial charge in [-0.15, -0.1) is 0 Å². The fourth-order valence-corrected chi connectivity index (χ4v) is 1.49. The van der Waals surface area contributed by atoms with Gasteiger partial charge in [0.2, 0.25) is 5.91 Å². The van der Waals surface area contributed by atoms with Crippen LogP contribution in [0.15, 0.2) is 0 Å². The number of hydrogen-bond donors (Lipinski definition) is 0. The number of carbonyl (C=O) groups excluding carboxylic acids is 1. The molecular weight excluding hydrogens is 148 g/mol. The average molecular weight is 160 g/mol. The van der Waals surface area contributed by atoms with Crippen LogP contribution in [0, 0.1) is 0 Å². The Morgan fingerprint density at radius 3 is 2.70 bits per heavy atom. The zero-order valence-electron chi connectivity index (χ0n) is 6.33. The van der Waals surface area contributed by atoms with Crippen molar-refractivity contribution in [1.29, 1.82) is 0 Å². The van der Waals surface area contributed by atoms with Gasteiger partial charge < -0.3 is 0 Å². The summed E-state index contributed by atoms with van der Waals surface area (Å²) in [6, 6.07) is 0. The highest BCUT2D eigenvalue weighted by Crippen LogP contribution is 2.09. The van der Waals surface area contributed by atoms with E-state index in [1.165, 1.54) is 11.9 Å². The van der Waals surface area contributed by atoms with E-state index in [1.54, 1.807) is 4.31 Å². The molecule has 0 bridgehead atoms. The minimum Gasteiger partial charge on any atom is -0.296 e. The van der Waals surface area contributed by atoms with Crippen LogP contribution in [0.1, 0.15) is 0 Å². The van der Waals surface area contributed by atoms with Gasteiger partial charge in [-0.25, -0.2) is 0 Å². The van der Waals surface area contributed by atoms with E-state index in [4.69, 9.17) is 0 Å². The molecule has 0 saturated carbocycles. The third-order valence-electron chi connectivity index (χ3n) is 1.59. The Morgan fingerprint density at radius 2 is 2.20 bits per heavy atom. The van der Waals surface area contributed by atoms with Gasteiger partial charge in [0, 0.05) is 19.3 Å². The fraction of sp³-hybridized carbons (Fsp3) is 0.833. The van der Waals surface area contributed by atoms with Crippen molar-refractivity contribution in [2.75, 3.05) is 32.9 Å². The van der Waals surface area contributed by atoms with Crippen molar-refractivity contribution in [2.45, 2.75) is 0 Å². The Kier molecular flexibility index (Phi) is 2.56. The molecule has 0 atom stereocenters. The fourth-order valence-electron chi connectivity index (χ4n) is 0.968. The highest BCUT2D eigenvalue weighted by atomic mass is 32.2. The van der Waals surface area contributed by atoms with Gasteiger partial charge in [0.05, 0.1) is 6.54 Å². The van der Waals surface area contributed by atoms with Crippen LogP contribution in [0.4, 0.5) is 0 Å². The quantitative estimate of drug-likeness (QED) is 0.506. The highest BCUT2D eigenvalue weighted by Gasteiger charge is 2.19. The summed E-state index contributed by atoms with van der Waals surface area (Å²) in [5.41, 5.74) is 0. The third-order valence-corrected chi connectivity index (χ3v) is 2.42. The van der Waals surface area contributed by atoms with Crippen LogP contribution in [-0.2, 0) is 4.79 Å². The first-order valence-corrected chi connectivity index (χ1v) is 4.45. The van der Waals surface area contributed by atoms with E-state index >= 15 is 0 Å². The first-order chi connectivity index (χ1) is 4.74. The van der Waals surface area contributed by atoms with E-state index in [0.717, 1.165) is 13.1 Å². The maximum atomic E-state index is 11.1. The number of likely N-dealkylation sites (N-methyl/N-ethyl adjacent to an activating group) is 1. The molecule has 1 rings (SSSR count). The summed E-state index contributed by atoms with van der Waals surface area (Å²) in [6.07, 6.45) is 1.93. The summed E-state index contributed by atoms with van der Waals surface area (Å²) in [5.74, 6) is 0.223. The third kappa shape index (κ3) is 1.64. The average Bonchev–Trinajstić information content (AvgIpc) is 1.88. The minimum absolute atomic E-state index is 0.223. The molecule has 58 valence electrons. The van der Waals surface area contributed by atoms with Gasteiger partial charge >= 0.3 is 0 Å². The smallest absolute Gasteiger partial charge is 0.246 e. The zero-order chi connectivity index (χ0) is 7.56. The molecular formula is C6H12N2OS. The SMILES string of the molecule is CSN1CCN(C)CC1=O. The van der Waals surface area contributed by atoms with E-state index in [0.29, 0.717) is 6.54 Å². The molecule has 3 nitrogen and oxygen atoms in total. The van der Waals surface area contributed by atoms with Crippen molar-refractivity contribution in [3.05, 3.63) is 0 Å². The summed E-state index contributed by atoms with van der Waals surface area (Å²) in [5, 5.41) is 0. The summed E-state index contributed by atoms with van der Waals surface area (Å²) in [4.78, 5) is 13.1. The van der Waals surface area contributed by atoms with Crippen molar-refractivity contribution in [3.8, 4) is 0 Å². The van der Waals surface area contributed by atoms with E-state index in [-0.39, 0.29) is 5.91 Å². The minimum atomic E-state index is 0.223. The van der Waals surface area contributed by atoms with E-state index in [2.05, 4.69) is 0 Å². The molecule has 1 heterocycles. The largest absolute Gasteiger partial charge is 0.296 e. The lowest BCUT2D eigenvalue weighted by Crippen LogP contribution is -2.45. The zero-order valence-corrected chi connectivity index (χ0v) is 7.15. The Balaban J connectivity index is 2.43. The molecule has 0 spiro atoms. The van der Waals surface area contributed by atoms with Crippen LogP contribution in [0.5, 0.6) is 0 Å². The van der Waals surface area contributed by atoms with E-state index < -0.39 is 0 Å². The first-order valence-electron chi connectivity index (χ1n) is 3.27. The summed E-state index contributed by atoms with van der Waals surface area (Å²) >= 11 is 1.51. The predicted octanol–water partition coefficient (Wildman–Crippen LogP) is 0.0384. The Bertz CT molecular complexity index is 140. The van der Waals surface area contributed by atoms with Crippen molar-refractivity contribution >= 4 is 17.9 Å².